The van der Waals surface area contributed by atoms with Gasteiger partial charge in [0.25, 0.3) is 11.8 Å². The molecule has 0 bridgehead atoms. The predicted molar refractivity (Wildman–Crippen MR) is 163 cm³/mol. The first kappa shape index (κ1) is 29.6. The van der Waals surface area contributed by atoms with Gasteiger partial charge in [0.15, 0.2) is 0 Å². The number of nitrogens with zero attached hydrogens (tertiary/aromatic N) is 2. The average molecular weight is 555 g/mol. The molecule has 8 heteroatoms. The van der Waals surface area contributed by atoms with Gasteiger partial charge >= 0.3 is 0 Å². The topological polar surface area (TPSA) is 118 Å². The molecule has 0 radical (unpaired) electrons. The second kappa shape index (κ2) is 13.8. The lowest BCUT2D eigenvalue weighted by molar-refractivity contribution is 0.0792. The lowest BCUT2D eigenvalue weighted by atomic mass is 9.97. The van der Waals surface area contributed by atoms with Crippen LogP contribution >= 0.6 is 0 Å². The zero-order valence-electron chi connectivity index (χ0n) is 23.9. The summed E-state index contributed by atoms with van der Waals surface area (Å²) in [6.45, 7) is 2.88. The van der Waals surface area contributed by atoms with Crippen molar-refractivity contribution in [3.63, 3.8) is 0 Å². The zero-order valence-corrected chi connectivity index (χ0v) is 23.9. The summed E-state index contributed by atoms with van der Waals surface area (Å²) in [5.41, 5.74) is 11.8. The molecule has 0 saturated carbocycles. The standard InChI is InChI=1S/C33H38N4O4/c1-22-16-24(17-23-10-8-11-25(18-23)33(40)37(2)14-6-4-5-7-15-38)19-28-30(22)35-21-29(32(34)39)31(28)36-26-12-9-13-27(20-26)41-3/h8-13,16,18-21,38H,4-7,14-15,17H2,1-3H3,(H2,34,39)(H,35,36). The third-order valence-electron chi connectivity index (χ3n) is 7.16. The Labute approximate surface area is 241 Å². The van der Waals surface area contributed by atoms with Crippen molar-refractivity contribution in [1.29, 1.82) is 0 Å². The molecule has 2 amide bonds. The molecule has 0 aliphatic rings. The van der Waals surface area contributed by atoms with Gasteiger partial charge in [0, 0.05) is 49.1 Å². The Morgan fingerprint density at radius 1 is 1.00 bits per heavy atom. The van der Waals surface area contributed by atoms with E-state index in [-0.39, 0.29) is 12.5 Å². The highest BCUT2D eigenvalue weighted by Gasteiger charge is 2.17. The molecule has 1 aromatic heterocycles. The number of fused-ring (bicyclic) bond motifs is 1. The third kappa shape index (κ3) is 7.41. The quantitative estimate of drug-likeness (QED) is 0.185. The fourth-order valence-electron chi connectivity index (χ4n) is 5.01. The van der Waals surface area contributed by atoms with Gasteiger partial charge in [-0.25, -0.2) is 0 Å². The number of carbonyl (C=O) groups excluding carboxylic acids is 2. The van der Waals surface area contributed by atoms with E-state index in [9.17, 15) is 9.59 Å². The van der Waals surface area contributed by atoms with E-state index in [4.69, 9.17) is 15.6 Å². The number of hydrogen-bond acceptors (Lipinski definition) is 6. The minimum absolute atomic E-state index is 0.0104. The number of aromatic nitrogens is 1. The Bertz CT molecular complexity index is 1540. The highest BCUT2D eigenvalue weighted by atomic mass is 16.5. The number of rotatable bonds is 13. The van der Waals surface area contributed by atoms with Crippen molar-refractivity contribution >= 4 is 34.1 Å². The Kier molecular flexibility index (Phi) is 9.92. The number of nitrogens with two attached hydrogens (primary N) is 1. The molecule has 3 aromatic carbocycles. The van der Waals surface area contributed by atoms with E-state index in [1.165, 1.54) is 6.20 Å². The molecule has 0 aliphatic heterocycles. The van der Waals surface area contributed by atoms with Gasteiger partial charge in [0.2, 0.25) is 0 Å². The molecule has 0 unspecified atom stereocenters. The van der Waals surface area contributed by atoms with Gasteiger partial charge in [-0.05, 0) is 73.2 Å². The highest BCUT2D eigenvalue weighted by molar-refractivity contribution is 6.08. The van der Waals surface area contributed by atoms with Crippen molar-refractivity contribution < 1.29 is 19.4 Å². The van der Waals surface area contributed by atoms with Crippen LogP contribution in [0, 0.1) is 6.92 Å². The average Bonchev–Trinajstić information content (AvgIpc) is 2.97. The molecule has 0 aliphatic carbocycles. The van der Waals surface area contributed by atoms with E-state index in [2.05, 4.69) is 16.4 Å². The van der Waals surface area contributed by atoms with Gasteiger partial charge in [-0.15, -0.1) is 0 Å². The number of pyridine rings is 1. The van der Waals surface area contributed by atoms with Crippen LogP contribution in [0.1, 0.15) is 63.1 Å². The van der Waals surface area contributed by atoms with Crippen LogP contribution in [0.3, 0.4) is 0 Å². The van der Waals surface area contributed by atoms with E-state index in [1.54, 1.807) is 12.0 Å². The molecule has 41 heavy (non-hydrogen) atoms. The molecule has 0 saturated heterocycles. The van der Waals surface area contributed by atoms with Gasteiger partial charge in [0.05, 0.1) is 23.9 Å². The predicted octanol–water partition coefficient (Wildman–Crippen LogP) is 5.61. The summed E-state index contributed by atoms with van der Waals surface area (Å²) in [7, 11) is 3.43. The van der Waals surface area contributed by atoms with Crippen LogP contribution in [-0.2, 0) is 6.42 Å². The van der Waals surface area contributed by atoms with Crippen LogP contribution in [0.15, 0.2) is 66.9 Å². The third-order valence-corrected chi connectivity index (χ3v) is 7.16. The number of benzene rings is 3. The smallest absolute Gasteiger partial charge is 0.253 e. The van der Waals surface area contributed by atoms with E-state index in [0.29, 0.717) is 35.5 Å². The van der Waals surface area contributed by atoms with Crippen LogP contribution in [0.2, 0.25) is 0 Å². The molecule has 214 valence electrons. The molecule has 4 rings (SSSR count). The van der Waals surface area contributed by atoms with Crippen molar-refractivity contribution in [3.8, 4) is 5.75 Å². The first-order valence-corrected chi connectivity index (χ1v) is 13.9. The fourth-order valence-corrected chi connectivity index (χ4v) is 5.01. The minimum atomic E-state index is -0.573. The summed E-state index contributed by atoms with van der Waals surface area (Å²) in [5, 5.41) is 13.1. The maximum Gasteiger partial charge on any atom is 0.253 e. The number of hydrogen-bond donors (Lipinski definition) is 3. The zero-order chi connectivity index (χ0) is 29.4. The second-order valence-electron chi connectivity index (χ2n) is 10.3. The van der Waals surface area contributed by atoms with Crippen molar-refractivity contribution in [2.45, 2.75) is 39.0 Å². The van der Waals surface area contributed by atoms with Gasteiger partial charge in [-0.3, -0.25) is 14.6 Å². The number of aryl methyl sites for hydroxylation is 1. The lowest BCUT2D eigenvalue weighted by Gasteiger charge is -2.18. The van der Waals surface area contributed by atoms with E-state index >= 15 is 0 Å². The summed E-state index contributed by atoms with van der Waals surface area (Å²) in [5.74, 6) is 0.105. The SMILES string of the molecule is COc1cccc(Nc2c(C(N)=O)cnc3c(C)cc(Cc4cccc(C(=O)N(C)CCCCCCO)c4)cc23)c1. The summed E-state index contributed by atoms with van der Waals surface area (Å²) in [6, 6.07) is 19.3. The molecule has 0 atom stereocenters. The molecule has 1 heterocycles. The number of amides is 2. The Morgan fingerprint density at radius 2 is 1.78 bits per heavy atom. The summed E-state index contributed by atoms with van der Waals surface area (Å²) < 4.78 is 5.36. The van der Waals surface area contributed by atoms with Crippen LogP contribution in [0.5, 0.6) is 5.75 Å². The number of aliphatic hydroxyl groups excluding tert-OH is 1. The maximum atomic E-state index is 13.1. The Hall–Kier alpha value is -4.43. The molecule has 0 spiro atoms. The molecule has 8 nitrogen and oxygen atoms in total. The Balaban J connectivity index is 1.62. The van der Waals surface area contributed by atoms with Crippen molar-refractivity contribution in [3.05, 3.63) is 94.7 Å². The molecule has 4 aromatic rings. The molecule has 0 fully saturated rings. The van der Waals surface area contributed by atoms with Crippen molar-refractivity contribution in [2.75, 3.05) is 32.6 Å². The van der Waals surface area contributed by atoms with Crippen LogP contribution in [0.25, 0.3) is 10.9 Å². The summed E-state index contributed by atoms with van der Waals surface area (Å²) in [4.78, 5) is 31.8. The number of methoxy groups -OCH3 is 1. The number of anilines is 2. The van der Waals surface area contributed by atoms with Gasteiger partial charge in [0.1, 0.15) is 5.75 Å². The summed E-state index contributed by atoms with van der Waals surface area (Å²) >= 11 is 0. The van der Waals surface area contributed by atoms with Gasteiger partial charge in [-0.1, -0.05) is 37.1 Å². The van der Waals surface area contributed by atoms with E-state index in [1.807, 2.05) is 68.6 Å². The van der Waals surface area contributed by atoms with Gasteiger partial charge < -0.3 is 25.8 Å². The number of unbranched alkanes of at least 4 members (excludes halogenated alkanes) is 3. The maximum absolute atomic E-state index is 13.1. The van der Waals surface area contributed by atoms with E-state index in [0.717, 1.165) is 59.0 Å². The molecular weight excluding hydrogens is 516 g/mol. The second-order valence-corrected chi connectivity index (χ2v) is 10.3. The fraction of sp³-hybridized carbons (Fsp3) is 0.303. The number of aliphatic hydroxyl groups is 1. The molecular formula is C33H38N4O4. The number of carbonyl (C=O) groups is 2. The van der Waals surface area contributed by atoms with Crippen LogP contribution in [0.4, 0.5) is 11.4 Å². The molecule has 4 N–H and O–H groups in total. The van der Waals surface area contributed by atoms with Crippen molar-refractivity contribution in [1.82, 2.24) is 9.88 Å². The largest absolute Gasteiger partial charge is 0.497 e. The normalized spacial score (nSPS) is 10.9. The van der Waals surface area contributed by atoms with Crippen molar-refractivity contribution in [2.24, 2.45) is 5.73 Å². The summed E-state index contributed by atoms with van der Waals surface area (Å²) in [6.07, 6.45) is 5.77. The van der Waals surface area contributed by atoms with Crippen LogP contribution < -0.4 is 15.8 Å². The first-order chi connectivity index (χ1) is 19.8. The first-order valence-electron chi connectivity index (χ1n) is 13.9. The number of primary amides is 1. The number of nitrogens with one attached hydrogen (secondary N) is 1. The Morgan fingerprint density at radius 3 is 2.54 bits per heavy atom. The highest BCUT2D eigenvalue weighted by Crippen LogP contribution is 2.33. The lowest BCUT2D eigenvalue weighted by Crippen LogP contribution is -2.27. The minimum Gasteiger partial charge on any atom is -0.497 e. The van der Waals surface area contributed by atoms with Gasteiger partial charge in [-0.2, -0.15) is 0 Å². The monoisotopic (exact) mass is 554 g/mol. The van der Waals surface area contributed by atoms with Crippen LogP contribution in [-0.4, -0.2) is 54.1 Å². The number of ether oxygens (including phenoxy) is 1. The van der Waals surface area contributed by atoms with E-state index < -0.39 is 5.91 Å².